The van der Waals surface area contributed by atoms with Gasteiger partial charge in [-0.1, -0.05) is 70.6 Å². The molecule has 1 rings (SSSR count). The number of nitrogens with zero attached hydrogens (tertiary/aromatic N) is 1. The van der Waals surface area contributed by atoms with Gasteiger partial charge in [0.05, 0.1) is 0 Å². The van der Waals surface area contributed by atoms with Crippen LogP contribution in [-0.4, -0.2) is 47.0 Å². The molecule has 7 nitrogen and oxygen atoms in total. The van der Waals surface area contributed by atoms with Gasteiger partial charge in [-0.25, -0.2) is 4.79 Å². The van der Waals surface area contributed by atoms with Gasteiger partial charge in [-0.3, -0.25) is 9.59 Å². The van der Waals surface area contributed by atoms with E-state index in [-0.39, 0.29) is 23.8 Å². The molecule has 7 heteroatoms. The molecule has 2 unspecified atom stereocenters. The molecule has 0 saturated carbocycles. The Morgan fingerprint density at radius 1 is 1.00 bits per heavy atom. The van der Waals surface area contributed by atoms with Gasteiger partial charge in [0.15, 0.2) is 0 Å². The summed E-state index contributed by atoms with van der Waals surface area (Å²) in [5.41, 5.74) is 0.431. The molecule has 0 saturated heterocycles. The van der Waals surface area contributed by atoms with Crippen LogP contribution >= 0.6 is 0 Å². The molecule has 37 heavy (non-hydrogen) atoms. The summed E-state index contributed by atoms with van der Waals surface area (Å²) >= 11 is 0. The molecule has 0 fully saturated rings. The summed E-state index contributed by atoms with van der Waals surface area (Å²) < 4.78 is 5.43. The highest BCUT2D eigenvalue weighted by molar-refractivity contribution is 5.92. The van der Waals surface area contributed by atoms with E-state index in [1.54, 1.807) is 37.8 Å². The number of carbonyl (C=O) groups is 3. The van der Waals surface area contributed by atoms with E-state index in [4.69, 9.17) is 11.2 Å². The first-order valence-corrected chi connectivity index (χ1v) is 13.5. The molecule has 0 aromatic heterocycles. The van der Waals surface area contributed by atoms with Gasteiger partial charge >= 0.3 is 6.09 Å². The number of alkyl carbamates (subject to hydrolysis) is 1. The lowest BCUT2D eigenvalue weighted by atomic mass is 9.95. The standard InChI is InChI=1S/C30H47N3O4/c1-10-12-13-14-17-20-33(28(35)25(21(3)4)32-29(36)37-30(7,8)9)26(27(34)31-22(5)6)24-19-16-15-18-23(24)11-2/h2,15-16,18-19,21-22,25-26H,10,12-14,17,20H2,1,3-9H3,(H,31,34)(H,32,36). The fourth-order valence-corrected chi connectivity index (χ4v) is 4.06. The molecule has 2 N–H and O–H groups in total. The summed E-state index contributed by atoms with van der Waals surface area (Å²) in [6, 6.07) is 5.25. The number of hydrogen-bond donors (Lipinski definition) is 2. The van der Waals surface area contributed by atoms with Crippen LogP contribution in [0, 0.1) is 18.3 Å². The van der Waals surface area contributed by atoms with Crippen LogP contribution in [0.25, 0.3) is 0 Å². The fourth-order valence-electron chi connectivity index (χ4n) is 4.06. The lowest BCUT2D eigenvalue weighted by molar-refractivity contribution is -0.143. The molecule has 0 heterocycles. The molecule has 0 aliphatic carbocycles. The van der Waals surface area contributed by atoms with Gasteiger partial charge in [0.1, 0.15) is 17.7 Å². The highest BCUT2D eigenvalue weighted by atomic mass is 16.6. The number of carbonyl (C=O) groups excluding carboxylic acids is 3. The van der Waals surface area contributed by atoms with Crippen LogP contribution in [-0.2, 0) is 14.3 Å². The number of unbranched alkanes of at least 4 members (excludes halogenated alkanes) is 4. The van der Waals surface area contributed by atoms with Crippen molar-refractivity contribution in [2.24, 2.45) is 5.92 Å². The molecule has 3 amide bonds. The topological polar surface area (TPSA) is 87.7 Å². The van der Waals surface area contributed by atoms with Crippen LogP contribution in [0.3, 0.4) is 0 Å². The zero-order valence-electron chi connectivity index (χ0n) is 24.0. The van der Waals surface area contributed by atoms with Gasteiger partial charge in [0.25, 0.3) is 0 Å². The van der Waals surface area contributed by atoms with Gasteiger partial charge in [-0.05, 0) is 58.6 Å². The van der Waals surface area contributed by atoms with Crippen molar-refractivity contribution in [1.82, 2.24) is 15.5 Å². The number of benzene rings is 1. The van der Waals surface area contributed by atoms with Gasteiger partial charge in [-0.2, -0.15) is 0 Å². The second-order valence-electron chi connectivity index (χ2n) is 11.1. The van der Waals surface area contributed by atoms with Gasteiger partial charge in [-0.15, -0.1) is 6.42 Å². The van der Waals surface area contributed by atoms with Crippen molar-refractivity contribution < 1.29 is 19.1 Å². The van der Waals surface area contributed by atoms with Crippen molar-refractivity contribution in [3.8, 4) is 12.3 Å². The number of rotatable bonds is 13. The van der Waals surface area contributed by atoms with Crippen LogP contribution < -0.4 is 10.6 Å². The first-order valence-electron chi connectivity index (χ1n) is 13.5. The molecule has 1 aromatic rings. The van der Waals surface area contributed by atoms with Gasteiger partial charge in [0, 0.05) is 18.2 Å². The van der Waals surface area contributed by atoms with E-state index in [0.717, 1.165) is 32.1 Å². The van der Waals surface area contributed by atoms with Crippen LogP contribution in [0.2, 0.25) is 0 Å². The second-order valence-corrected chi connectivity index (χ2v) is 11.1. The van der Waals surface area contributed by atoms with E-state index in [0.29, 0.717) is 17.7 Å². The molecule has 1 aromatic carbocycles. The zero-order chi connectivity index (χ0) is 28.2. The van der Waals surface area contributed by atoms with E-state index in [1.807, 2.05) is 39.8 Å². The highest BCUT2D eigenvalue weighted by Gasteiger charge is 2.38. The van der Waals surface area contributed by atoms with Crippen molar-refractivity contribution >= 4 is 17.9 Å². The molecular weight excluding hydrogens is 466 g/mol. The maximum absolute atomic E-state index is 14.1. The Balaban J connectivity index is 3.51. The predicted octanol–water partition coefficient (Wildman–Crippen LogP) is 5.58. The molecular formula is C30H47N3O4. The molecule has 0 aliphatic heterocycles. The second kappa shape index (κ2) is 15.3. The highest BCUT2D eigenvalue weighted by Crippen LogP contribution is 2.27. The summed E-state index contributed by atoms with van der Waals surface area (Å²) in [7, 11) is 0. The molecule has 0 bridgehead atoms. The number of nitrogens with one attached hydrogen (secondary N) is 2. The third kappa shape index (κ3) is 10.9. The largest absolute Gasteiger partial charge is 0.444 e. The Morgan fingerprint density at radius 3 is 2.16 bits per heavy atom. The van der Waals surface area contributed by atoms with E-state index in [2.05, 4.69) is 23.5 Å². The van der Waals surface area contributed by atoms with Crippen molar-refractivity contribution in [3.63, 3.8) is 0 Å². The Bertz CT molecular complexity index is 927. The summed E-state index contributed by atoms with van der Waals surface area (Å²) in [4.78, 5) is 42.0. The quantitative estimate of drug-likeness (QED) is 0.266. The van der Waals surface area contributed by atoms with E-state index in [9.17, 15) is 14.4 Å². The molecule has 2 atom stereocenters. The van der Waals surface area contributed by atoms with Crippen molar-refractivity contribution in [2.45, 2.75) is 111 Å². The predicted molar refractivity (Wildman–Crippen MR) is 149 cm³/mol. The van der Waals surface area contributed by atoms with Crippen LogP contribution in [0.5, 0.6) is 0 Å². The maximum Gasteiger partial charge on any atom is 0.408 e. The third-order valence-electron chi connectivity index (χ3n) is 5.79. The number of amides is 3. The Hall–Kier alpha value is -3.01. The summed E-state index contributed by atoms with van der Waals surface area (Å²) in [6.45, 7) is 15.3. The average molecular weight is 514 g/mol. The number of hydrogen-bond acceptors (Lipinski definition) is 4. The maximum atomic E-state index is 14.1. The summed E-state index contributed by atoms with van der Waals surface area (Å²) in [6.07, 6.45) is 10.0. The van der Waals surface area contributed by atoms with Crippen molar-refractivity contribution in [2.75, 3.05) is 6.54 Å². The molecule has 0 radical (unpaired) electrons. The Kier molecular flexibility index (Phi) is 13.2. The lowest BCUT2D eigenvalue weighted by Gasteiger charge is -2.36. The Labute approximate surface area is 224 Å². The van der Waals surface area contributed by atoms with Crippen LogP contribution in [0.1, 0.15) is 105 Å². The Morgan fingerprint density at radius 2 is 1.62 bits per heavy atom. The van der Waals surface area contributed by atoms with Crippen LogP contribution in [0.15, 0.2) is 24.3 Å². The van der Waals surface area contributed by atoms with Crippen LogP contribution in [0.4, 0.5) is 4.79 Å². The minimum atomic E-state index is -0.935. The average Bonchev–Trinajstić information content (AvgIpc) is 2.79. The molecule has 0 spiro atoms. The number of terminal acetylenes is 1. The SMILES string of the molecule is C#Cc1ccccc1C(C(=O)NC(C)C)N(CCCCCCC)C(=O)C(NC(=O)OC(C)(C)C)C(C)C. The van der Waals surface area contributed by atoms with Gasteiger partial charge < -0.3 is 20.3 Å². The smallest absolute Gasteiger partial charge is 0.408 e. The third-order valence-corrected chi connectivity index (χ3v) is 5.79. The van der Waals surface area contributed by atoms with E-state index in [1.165, 1.54) is 0 Å². The van der Waals surface area contributed by atoms with Crippen molar-refractivity contribution in [1.29, 1.82) is 0 Å². The summed E-state index contributed by atoms with van der Waals surface area (Å²) in [5.74, 6) is 1.78. The van der Waals surface area contributed by atoms with E-state index >= 15 is 0 Å². The normalized spacial score (nSPS) is 13.0. The van der Waals surface area contributed by atoms with Gasteiger partial charge in [0.2, 0.25) is 11.8 Å². The minimum absolute atomic E-state index is 0.129. The first-order chi connectivity index (χ1) is 17.3. The summed E-state index contributed by atoms with van der Waals surface area (Å²) in [5, 5.41) is 5.72. The fraction of sp³-hybridized carbons (Fsp3) is 0.633. The molecule has 0 aliphatic rings. The molecule has 206 valence electrons. The monoisotopic (exact) mass is 513 g/mol. The number of ether oxygens (including phenoxy) is 1. The lowest BCUT2D eigenvalue weighted by Crippen LogP contribution is -2.55. The first kappa shape index (κ1) is 32.0. The van der Waals surface area contributed by atoms with E-state index < -0.39 is 23.8 Å². The minimum Gasteiger partial charge on any atom is -0.444 e. The van der Waals surface area contributed by atoms with Crippen molar-refractivity contribution in [3.05, 3.63) is 35.4 Å². The zero-order valence-corrected chi connectivity index (χ0v) is 24.0.